The van der Waals surface area contributed by atoms with Gasteiger partial charge in [-0.3, -0.25) is 4.79 Å². The number of allylic oxidation sites excluding steroid dienone is 2. The Morgan fingerprint density at radius 1 is 0.857 bits per heavy atom. The van der Waals surface area contributed by atoms with E-state index in [1.165, 1.54) is 0 Å². The van der Waals surface area contributed by atoms with Crippen molar-refractivity contribution in [2.45, 2.75) is 118 Å². The van der Waals surface area contributed by atoms with E-state index in [0.717, 1.165) is 44.9 Å². The highest BCUT2D eigenvalue weighted by Gasteiger charge is 2.66. The van der Waals surface area contributed by atoms with E-state index in [-0.39, 0.29) is 27.6 Å². The summed E-state index contributed by atoms with van der Waals surface area (Å²) in [5, 5.41) is 42.9. The first-order valence-corrected chi connectivity index (χ1v) is 14.1. The minimum absolute atomic E-state index is 0.0163. The van der Waals surface area contributed by atoms with Crippen molar-refractivity contribution in [2.75, 3.05) is 0 Å². The fourth-order valence-electron chi connectivity index (χ4n) is 11.1. The second kappa shape index (κ2) is 7.80. The van der Waals surface area contributed by atoms with Crippen molar-refractivity contribution < 1.29 is 25.2 Å². The molecule has 0 unspecified atom stereocenters. The summed E-state index contributed by atoms with van der Waals surface area (Å²) in [5.41, 5.74) is 0.101. The molecule has 0 radical (unpaired) electrons. The number of carboxylic acids is 1. The lowest BCUT2D eigenvalue weighted by atomic mass is 9.41. The van der Waals surface area contributed by atoms with Crippen molar-refractivity contribution >= 4 is 5.97 Å². The van der Waals surface area contributed by atoms with Crippen LogP contribution in [0.2, 0.25) is 0 Å². The van der Waals surface area contributed by atoms with Gasteiger partial charge in [0.2, 0.25) is 0 Å². The number of fused-ring (bicyclic) bond motifs is 6. The largest absolute Gasteiger partial charge is 0.481 e. The Bertz CT molecular complexity index is 926. The van der Waals surface area contributed by atoms with Crippen molar-refractivity contribution in [2.24, 2.45) is 50.7 Å². The molecule has 5 aliphatic carbocycles. The summed E-state index contributed by atoms with van der Waals surface area (Å²) in [7, 11) is 0. The number of aliphatic carboxylic acids is 1. The van der Waals surface area contributed by atoms with Gasteiger partial charge in [0.25, 0.3) is 0 Å². The van der Waals surface area contributed by atoms with Crippen LogP contribution in [0.15, 0.2) is 11.6 Å². The summed E-state index contributed by atoms with van der Waals surface area (Å²) in [6, 6.07) is 0. The summed E-state index contributed by atoms with van der Waals surface area (Å²) in [4.78, 5) is 12.5. The van der Waals surface area contributed by atoms with Gasteiger partial charge in [-0.2, -0.15) is 0 Å². The molecule has 0 aromatic heterocycles. The molecule has 0 heterocycles. The lowest BCUT2D eigenvalue weighted by Crippen LogP contribution is -2.61. The van der Waals surface area contributed by atoms with Crippen molar-refractivity contribution in [3.63, 3.8) is 0 Å². The lowest BCUT2D eigenvalue weighted by Gasteiger charge is -2.63. The van der Waals surface area contributed by atoms with Crippen LogP contribution in [0, 0.1) is 50.7 Å². The van der Waals surface area contributed by atoms with Crippen LogP contribution < -0.4 is 0 Å². The lowest BCUT2D eigenvalue weighted by molar-refractivity contribution is -0.199. The van der Waals surface area contributed by atoms with Gasteiger partial charge in [0, 0.05) is 0 Å². The molecular weight excluding hydrogens is 440 g/mol. The van der Waals surface area contributed by atoms with Crippen LogP contribution in [-0.2, 0) is 4.79 Å². The monoisotopic (exact) mass is 488 g/mol. The predicted octanol–water partition coefficient (Wildman–Crippen LogP) is 5.18. The third-order valence-corrected chi connectivity index (χ3v) is 13.0. The second-order valence-electron chi connectivity index (χ2n) is 14.9. The molecule has 0 spiro atoms. The number of hydrogen-bond acceptors (Lipinski definition) is 4. The number of hydrogen-bond donors (Lipinski definition) is 4. The van der Waals surface area contributed by atoms with Crippen LogP contribution in [0.25, 0.3) is 0 Å². The molecule has 5 aliphatic rings. The van der Waals surface area contributed by atoms with E-state index < -0.39 is 29.7 Å². The Labute approximate surface area is 211 Å². The zero-order valence-corrected chi connectivity index (χ0v) is 22.7. The van der Waals surface area contributed by atoms with E-state index >= 15 is 0 Å². The molecule has 4 fully saturated rings. The van der Waals surface area contributed by atoms with Gasteiger partial charge in [0.1, 0.15) is 0 Å². The number of carboxylic acid groups (broad SMARTS) is 1. The highest BCUT2D eigenvalue weighted by Crippen LogP contribution is 2.70. The second-order valence-corrected chi connectivity index (χ2v) is 14.9. The van der Waals surface area contributed by atoms with Gasteiger partial charge in [-0.15, -0.1) is 0 Å². The molecule has 11 atom stereocenters. The fourth-order valence-corrected chi connectivity index (χ4v) is 11.1. The van der Waals surface area contributed by atoms with Gasteiger partial charge in [-0.05, 0) is 110 Å². The smallest absolute Gasteiger partial charge is 0.312 e. The summed E-state index contributed by atoms with van der Waals surface area (Å²) < 4.78 is 0. The Balaban J connectivity index is 1.52. The molecular formula is C30H48O5. The molecule has 0 aromatic carbocycles. The average Bonchev–Trinajstić information content (AvgIpc) is 2.92. The Hall–Kier alpha value is -0.910. The number of aliphatic hydroxyl groups excluding tert-OH is 3. The predicted molar refractivity (Wildman–Crippen MR) is 135 cm³/mol. The van der Waals surface area contributed by atoms with Gasteiger partial charge < -0.3 is 20.4 Å². The van der Waals surface area contributed by atoms with Gasteiger partial charge in [-0.25, -0.2) is 0 Å². The van der Waals surface area contributed by atoms with Crippen molar-refractivity contribution in [3.8, 4) is 0 Å². The van der Waals surface area contributed by atoms with E-state index in [1.807, 2.05) is 0 Å². The van der Waals surface area contributed by atoms with E-state index in [1.54, 1.807) is 12.5 Å². The zero-order valence-electron chi connectivity index (χ0n) is 22.7. The summed E-state index contributed by atoms with van der Waals surface area (Å²) in [5.74, 6) is 0.283. The first-order valence-electron chi connectivity index (χ1n) is 14.1. The molecule has 35 heavy (non-hydrogen) atoms. The van der Waals surface area contributed by atoms with Crippen molar-refractivity contribution in [1.82, 2.24) is 0 Å². The molecule has 5 nitrogen and oxygen atoms in total. The molecule has 0 bridgehead atoms. The number of aliphatic hydroxyl groups is 3. The molecule has 5 heteroatoms. The molecule has 4 N–H and O–H groups in total. The van der Waals surface area contributed by atoms with Crippen LogP contribution in [0.1, 0.15) is 99.3 Å². The van der Waals surface area contributed by atoms with E-state index in [9.17, 15) is 25.2 Å². The molecule has 0 aromatic rings. The zero-order chi connectivity index (χ0) is 25.8. The minimum Gasteiger partial charge on any atom is -0.481 e. The van der Waals surface area contributed by atoms with Crippen LogP contribution >= 0.6 is 0 Å². The normalized spacial score (nSPS) is 55.3. The highest BCUT2D eigenvalue weighted by atomic mass is 16.4. The topological polar surface area (TPSA) is 98.0 Å². The number of rotatable bonds is 1. The summed E-state index contributed by atoms with van der Waals surface area (Å²) in [6.45, 7) is 13.2. The average molecular weight is 489 g/mol. The number of carbonyl (C=O) groups is 1. The summed E-state index contributed by atoms with van der Waals surface area (Å²) in [6.07, 6.45) is 8.43. The maximum atomic E-state index is 12.5. The van der Waals surface area contributed by atoms with E-state index in [0.29, 0.717) is 30.6 Å². The Morgan fingerprint density at radius 3 is 2.20 bits per heavy atom. The molecule has 0 amide bonds. The third kappa shape index (κ3) is 3.26. The van der Waals surface area contributed by atoms with Gasteiger partial charge >= 0.3 is 5.97 Å². The van der Waals surface area contributed by atoms with Gasteiger partial charge in [0.05, 0.1) is 23.7 Å². The minimum atomic E-state index is -1.09. The SMILES string of the molecule is CC1(C)[C@H](O)[C@H](O)C[C@]2(C)[C@H]3CC[C@H]4[C@@](C)(CC[C@@H]5[C@]4(C)CC[C@@H](O)[C@]5(C)C(=O)O)CC3=CC[C@@H]12. The third-order valence-electron chi connectivity index (χ3n) is 13.0. The quantitative estimate of drug-likeness (QED) is 0.382. The Morgan fingerprint density at radius 2 is 1.54 bits per heavy atom. The van der Waals surface area contributed by atoms with Gasteiger partial charge in [0.15, 0.2) is 0 Å². The van der Waals surface area contributed by atoms with E-state index in [2.05, 4.69) is 40.7 Å². The molecule has 0 saturated heterocycles. The van der Waals surface area contributed by atoms with Crippen molar-refractivity contribution in [1.29, 1.82) is 0 Å². The van der Waals surface area contributed by atoms with Crippen LogP contribution in [0.3, 0.4) is 0 Å². The maximum Gasteiger partial charge on any atom is 0.312 e. The maximum absolute atomic E-state index is 12.5. The first kappa shape index (κ1) is 25.7. The molecule has 5 rings (SSSR count). The van der Waals surface area contributed by atoms with Crippen molar-refractivity contribution in [3.05, 3.63) is 11.6 Å². The van der Waals surface area contributed by atoms with Gasteiger partial charge in [-0.1, -0.05) is 46.3 Å². The standard InChI is InChI=1S/C30H48O5/c1-26(2)20-9-7-17-15-27(3)13-11-22-28(4,14-12-23(32)30(22,6)25(34)35)21(27)10-8-18(17)29(20,5)16-19(31)24(26)33/h7,18-24,31-33H,8-16H2,1-6H3,(H,34,35)/t18-,19+,20-,21-,22+,23+,24+,27-,28+,29+,30+/m0/s1. The molecule has 0 aliphatic heterocycles. The molecule has 198 valence electrons. The highest BCUT2D eigenvalue weighted by molar-refractivity contribution is 5.76. The summed E-state index contributed by atoms with van der Waals surface area (Å²) >= 11 is 0. The molecule has 4 saturated carbocycles. The van der Waals surface area contributed by atoms with E-state index in [4.69, 9.17) is 0 Å². The van der Waals surface area contributed by atoms with Crippen LogP contribution in [0.4, 0.5) is 0 Å². The Kier molecular flexibility index (Phi) is 5.73. The van der Waals surface area contributed by atoms with Crippen LogP contribution in [0.5, 0.6) is 0 Å². The first-order chi connectivity index (χ1) is 16.1. The van der Waals surface area contributed by atoms with Crippen LogP contribution in [-0.4, -0.2) is 44.7 Å². The fraction of sp³-hybridized carbons (Fsp3) is 0.900.